The second kappa shape index (κ2) is 9.31. The molecule has 0 spiro atoms. The first-order valence-electron chi connectivity index (χ1n) is 9.01. The largest absolute Gasteiger partial charge is 0.496 e. The molecule has 9 nitrogen and oxygen atoms in total. The summed E-state index contributed by atoms with van der Waals surface area (Å²) in [7, 11) is -1.39. The highest BCUT2D eigenvalue weighted by atomic mass is 32.2. The zero-order valence-corrected chi connectivity index (χ0v) is 17.5. The van der Waals surface area contributed by atoms with Gasteiger partial charge in [-0.2, -0.15) is 4.98 Å². The lowest BCUT2D eigenvalue weighted by atomic mass is 10.2. The van der Waals surface area contributed by atoms with Gasteiger partial charge in [-0.05, 0) is 37.3 Å². The molecule has 1 unspecified atom stereocenters. The van der Waals surface area contributed by atoms with Gasteiger partial charge in [-0.1, -0.05) is 18.2 Å². The highest BCUT2D eigenvalue weighted by molar-refractivity contribution is 7.93. The van der Waals surface area contributed by atoms with E-state index in [9.17, 15) is 9.00 Å². The fourth-order valence-electron chi connectivity index (χ4n) is 2.60. The van der Waals surface area contributed by atoms with E-state index in [0.29, 0.717) is 28.1 Å². The quantitative estimate of drug-likeness (QED) is 0.630. The zero-order chi connectivity index (χ0) is 21.6. The Morgan fingerprint density at radius 2 is 1.97 bits per heavy atom. The normalized spacial score (nSPS) is 12.5. The number of anilines is 2. The Bertz CT molecular complexity index is 1180. The first-order valence-corrected chi connectivity index (χ1v) is 10.9. The van der Waals surface area contributed by atoms with Gasteiger partial charge < -0.3 is 14.8 Å². The van der Waals surface area contributed by atoms with Crippen molar-refractivity contribution < 1.29 is 18.5 Å². The molecule has 0 aliphatic rings. The Hall–Kier alpha value is -3.53. The second-order valence-electron chi connectivity index (χ2n) is 6.08. The SMILES string of the molecule is CCOC(=O)N=S(C)(=O)c1cccc(Nc2ncnc(-c3ccccc3OC)n2)c1. The average Bonchev–Trinajstić information content (AvgIpc) is 2.74. The Balaban J connectivity index is 1.89. The number of methoxy groups -OCH3 is 1. The summed E-state index contributed by atoms with van der Waals surface area (Å²) in [5.74, 6) is 1.38. The van der Waals surface area contributed by atoms with Crippen molar-refractivity contribution in [2.24, 2.45) is 4.36 Å². The average molecular weight is 427 g/mol. The highest BCUT2D eigenvalue weighted by Gasteiger charge is 2.12. The summed E-state index contributed by atoms with van der Waals surface area (Å²) in [6, 6.07) is 14.1. The molecule has 0 aliphatic heterocycles. The highest BCUT2D eigenvalue weighted by Crippen LogP contribution is 2.27. The molecule has 3 rings (SSSR count). The van der Waals surface area contributed by atoms with E-state index in [1.165, 1.54) is 12.6 Å². The van der Waals surface area contributed by atoms with Crippen LogP contribution < -0.4 is 10.1 Å². The summed E-state index contributed by atoms with van der Waals surface area (Å²) in [5.41, 5.74) is 1.31. The molecule has 1 heterocycles. The molecule has 0 saturated heterocycles. The molecule has 30 heavy (non-hydrogen) atoms. The van der Waals surface area contributed by atoms with Gasteiger partial charge >= 0.3 is 6.09 Å². The van der Waals surface area contributed by atoms with E-state index in [1.807, 2.05) is 24.3 Å². The Kier molecular flexibility index (Phi) is 6.58. The molecule has 1 amide bonds. The lowest BCUT2D eigenvalue weighted by Crippen LogP contribution is -2.06. The summed E-state index contributed by atoms with van der Waals surface area (Å²) in [5, 5.41) is 3.06. The molecular formula is C20H21N5O4S. The molecule has 0 saturated carbocycles. The van der Waals surface area contributed by atoms with Crippen molar-refractivity contribution in [3.63, 3.8) is 0 Å². The van der Waals surface area contributed by atoms with Crippen LogP contribution in [0, 0.1) is 0 Å². The van der Waals surface area contributed by atoms with Gasteiger partial charge in [0.25, 0.3) is 0 Å². The third kappa shape index (κ3) is 5.09. The number of hydrogen-bond acceptors (Lipinski definition) is 8. The van der Waals surface area contributed by atoms with Gasteiger partial charge in [0, 0.05) is 16.8 Å². The monoisotopic (exact) mass is 427 g/mol. The summed E-state index contributed by atoms with van der Waals surface area (Å²) in [6.07, 6.45) is 1.91. The summed E-state index contributed by atoms with van der Waals surface area (Å²) < 4.78 is 26.6. The molecule has 0 bridgehead atoms. The van der Waals surface area contributed by atoms with E-state index in [2.05, 4.69) is 24.6 Å². The fourth-order valence-corrected chi connectivity index (χ4v) is 3.72. The van der Waals surface area contributed by atoms with Crippen LogP contribution in [0.15, 0.2) is 64.1 Å². The van der Waals surface area contributed by atoms with Crippen LogP contribution in [0.2, 0.25) is 0 Å². The zero-order valence-electron chi connectivity index (χ0n) is 16.7. The molecule has 1 atom stereocenters. The van der Waals surface area contributed by atoms with Crippen molar-refractivity contribution in [3.05, 3.63) is 54.9 Å². The Labute approximate surface area is 174 Å². The number of hydrogen-bond donors (Lipinski definition) is 1. The van der Waals surface area contributed by atoms with Gasteiger partial charge in [-0.3, -0.25) is 0 Å². The van der Waals surface area contributed by atoms with Gasteiger partial charge in [0.1, 0.15) is 12.1 Å². The number of ether oxygens (including phenoxy) is 2. The number of nitrogens with one attached hydrogen (secondary N) is 1. The maximum atomic E-state index is 12.8. The van der Waals surface area contributed by atoms with Crippen LogP contribution in [0.3, 0.4) is 0 Å². The smallest absolute Gasteiger partial charge is 0.442 e. The van der Waals surface area contributed by atoms with Crippen molar-refractivity contribution in [1.29, 1.82) is 0 Å². The number of rotatable bonds is 6. The minimum atomic E-state index is -2.97. The molecule has 0 radical (unpaired) electrons. The predicted octanol–water partition coefficient (Wildman–Crippen LogP) is 3.90. The van der Waals surface area contributed by atoms with Crippen LogP contribution in [0.5, 0.6) is 5.75 Å². The standard InChI is InChI=1S/C20H21N5O4S/c1-4-29-20(26)25-30(3,27)15-9-7-8-14(12-15)23-19-22-13-21-18(24-19)16-10-5-6-11-17(16)28-2/h5-13H,4H2,1-3H3,(H,21,22,23,24). The number of aromatic nitrogens is 3. The molecule has 1 N–H and O–H groups in total. The van der Waals surface area contributed by atoms with Crippen molar-refractivity contribution in [1.82, 2.24) is 15.0 Å². The van der Waals surface area contributed by atoms with Crippen LogP contribution >= 0.6 is 0 Å². The molecule has 0 aliphatic carbocycles. The van der Waals surface area contributed by atoms with Crippen LogP contribution in [0.1, 0.15) is 6.92 Å². The van der Waals surface area contributed by atoms with Crippen LogP contribution in [0.4, 0.5) is 16.4 Å². The Morgan fingerprint density at radius 3 is 2.73 bits per heavy atom. The van der Waals surface area contributed by atoms with E-state index >= 15 is 0 Å². The van der Waals surface area contributed by atoms with Gasteiger partial charge in [0.15, 0.2) is 5.82 Å². The van der Waals surface area contributed by atoms with Gasteiger partial charge in [-0.25, -0.2) is 19.0 Å². The molecular weight excluding hydrogens is 406 g/mol. The van der Waals surface area contributed by atoms with Crippen LogP contribution in [-0.2, 0) is 14.5 Å². The van der Waals surface area contributed by atoms with Crippen molar-refractivity contribution in [3.8, 4) is 17.1 Å². The van der Waals surface area contributed by atoms with Crippen molar-refractivity contribution in [2.45, 2.75) is 11.8 Å². The predicted molar refractivity (Wildman–Crippen MR) is 113 cm³/mol. The molecule has 2 aromatic carbocycles. The van der Waals surface area contributed by atoms with E-state index in [4.69, 9.17) is 9.47 Å². The summed E-state index contributed by atoms with van der Waals surface area (Å²) in [4.78, 5) is 24.8. The van der Waals surface area contributed by atoms with Gasteiger partial charge in [-0.15, -0.1) is 4.36 Å². The first-order chi connectivity index (χ1) is 14.4. The van der Waals surface area contributed by atoms with E-state index in [1.54, 1.807) is 38.3 Å². The minimum Gasteiger partial charge on any atom is -0.496 e. The maximum Gasteiger partial charge on any atom is 0.442 e. The van der Waals surface area contributed by atoms with Crippen LogP contribution in [0.25, 0.3) is 11.4 Å². The molecule has 10 heteroatoms. The minimum absolute atomic E-state index is 0.160. The number of carbonyl (C=O) groups excluding carboxylic acids is 1. The maximum absolute atomic E-state index is 12.8. The number of amides is 1. The van der Waals surface area contributed by atoms with Gasteiger partial charge in [0.05, 0.1) is 29.0 Å². The molecule has 156 valence electrons. The number of para-hydroxylation sites is 1. The van der Waals surface area contributed by atoms with E-state index in [-0.39, 0.29) is 6.61 Å². The topological polar surface area (TPSA) is 116 Å². The Morgan fingerprint density at radius 1 is 1.17 bits per heavy atom. The second-order valence-corrected chi connectivity index (χ2v) is 8.34. The van der Waals surface area contributed by atoms with E-state index in [0.717, 1.165) is 5.56 Å². The number of benzene rings is 2. The number of nitrogens with zero attached hydrogens (tertiary/aromatic N) is 4. The lowest BCUT2D eigenvalue weighted by molar-refractivity contribution is 0.164. The van der Waals surface area contributed by atoms with E-state index < -0.39 is 15.8 Å². The third-order valence-corrected chi connectivity index (χ3v) is 5.59. The van der Waals surface area contributed by atoms with Crippen LogP contribution in [-0.4, -0.2) is 45.2 Å². The van der Waals surface area contributed by atoms with Crippen molar-refractivity contribution in [2.75, 3.05) is 25.3 Å². The third-order valence-electron chi connectivity index (χ3n) is 3.96. The number of carbonyl (C=O) groups is 1. The van der Waals surface area contributed by atoms with Crippen molar-refractivity contribution >= 4 is 27.5 Å². The lowest BCUT2D eigenvalue weighted by Gasteiger charge is -2.10. The fraction of sp³-hybridized carbons (Fsp3) is 0.200. The van der Waals surface area contributed by atoms with Gasteiger partial charge in [0.2, 0.25) is 5.95 Å². The molecule has 0 fully saturated rings. The molecule has 1 aromatic heterocycles. The summed E-state index contributed by atoms with van der Waals surface area (Å²) >= 11 is 0. The molecule has 3 aromatic rings. The first kappa shape index (κ1) is 21.2. The summed E-state index contributed by atoms with van der Waals surface area (Å²) in [6.45, 7) is 1.82.